The third-order valence-corrected chi connectivity index (χ3v) is 5.16. The molecule has 154 valence electrons. The fraction of sp³-hybridized carbons (Fsp3) is 0.182. The van der Waals surface area contributed by atoms with Crippen molar-refractivity contribution in [3.8, 4) is 40.3 Å². The molecule has 0 saturated carbocycles. The van der Waals surface area contributed by atoms with Crippen LogP contribution in [-0.2, 0) is 0 Å². The van der Waals surface area contributed by atoms with Gasteiger partial charge in [0, 0.05) is 35.0 Å². The summed E-state index contributed by atoms with van der Waals surface area (Å²) in [5.41, 5.74) is 2.84. The predicted molar refractivity (Wildman–Crippen MR) is 117 cm³/mol. The minimum atomic E-state index is 0.411. The van der Waals surface area contributed by atoms with Crippen molar-refractivity contribution >= 4 is 22.6 Å². The van der Waals surface area contributed by atoms with Gasteiger partial charge < -0.3 is 24.3 Å². The quantitative estimate of drug-likeness (QED) is 0.520. The number of ether oxygens (including phenoxy) is 4. The van der Waals surface area contributed by atoms with Crippen LogP contribution in [0.25, 0.3) is 16.8 Å². The first kappa shape index (κ1) is 21.0. The van der Waals surface area contributed by atoms with E-state index in [2.05, 4.69) is 16.4 Å². The zero-order valence-corrected chi connectivity index (χ0v) is 17.9. The topological polar surface area (TPSA) is 85.6 Å². The number of hydrogen-bond donors (Lipinski definition) is 1. The van der Waals surface area contributed by atoms with Crippen LogP contribution in [0.5, 0.6) is 23.0 Å². The molecule has 0 radical (unpaired) electrons. The maximum atomic E-state index is 9.61. The number of thiazole rings is 1. The lowest BCUT2D eigenvalue weighted by atomic mass is 10.2. The Morgan fingerprint density at radius 3 is 2.20 bits per heavy atom. The molecule has 0 amide bonds. The Kier molecular flexibility index (Phi) is 6.78. The molecule has 2 aromatic carbocycles. The summed E-state index contributed by atoms with van der Waals surface area (Å²) < 4.78 is 21.2. The molecule has 0 fully saturated rings. The number of rotatable bonds is 8. The Hall–Kier alpha value is -3.70. The number of methoxy groups -OCH3 is 4. The summed E-state index contributed by atoms with van der Waals surface area (Å²) in [6, 6.07) is 13.3. The van der Waals surface area contributed by atoms with Crippen LogP contribution in [0.3, 0.4) is 0 Å². The highest BCUT2D eigenvalue weighted by Gasteiger charge is 2.14. The summed E-state index contributed by atoms with van der Waals surface area (Å²) >= 11 is 1.40. The van der Waals surface area contributed by atoms with Crippen molar-refractivity contribution in [2.24, 2.45) is 0 Å². The number of nitriles is 1. The van der Waals surface area contributed by atoms with Crippen molar-refractivity contribution in [2.75, 3.05) is 33.8 Å². The summed E-state index contributed by atoms with van der Waals surface area (Å²) in [5, 5.41) is 15.3. The van der Waals surface area contributed by atoms with E-state index >= 15 is 0 Å². The standard InChI is InChI=1S/C22H21N3O4S/c1-26-17-7-5-14(6-8-17)18-13-30-22(25-18)15(11-23)12-24-16-9-19(27-2)21(29-4)20(10-16)28-3/h5-10,12-13,24H,1-4H3/b15-12+. The fourth-order valence-electron chi connectivity index (χ4n) is 2.75. The highest BCUT2D eigenvalue weighted by Crippen LogP contribution is 2.40. The average molecular weight is 423 g/mol. The number of allylic oxidation sites excluding steroid dienone is 1. The van der Waals surface area contributed by atoms with Gasteiger partial charge in [0.2, 0.25) is 5.75 Å². The second-order valence-corrected chi connectivity index (χ2v) is 6.85. The van der Waals surface area contributed by atoms with E-state index in [1.807, 2.05) is 29.6 Å². The molecule has 1 heterocycles. The lowest BCUT2D eigenvalue weighted by Crippen LogP contribution is -1.98. The molecule has 0 unspecified atom stereocenters. The monoisotopic (exact) mass is 423 g/mol. The van der Waals surface area contributed by atoms with Gasteiger partial charge in [0.1, 0.15) is 22.4 Å². The van der Waals surface area contributed by atoms with Gasteiger partial charge in [-0.15, -0.1) is 11.3 Å². The van der Waals surface area contributed by atoms with Crippen LogP contribution in [0, 0.1) is 11.3 Å². The molecular weight excluding hydrogens is 402 g/mol. The van der Waals surface area contributed by atoms with Crippen LogP contribution in [-0.4, -0.2) is 33.4 Å². The van der Waals surface area contributed by atoms with Crippen LogP contribution < -0.4 is 24.3 Å². The van der Waals surface area contributed by atoms with Gasteiger partial charge in [-0.25, -0.2) is 4.98 Å². The van der Waals surface area contributed by atoms with Crippen molar-refractivity contribution < 1.29 is 18.9 Å². The highest BCUT2D eigenvalue weighted by molar-refractivity contribution is 7.11. The Morgan fingerprint density at radius 1 is 1.00 bits per heavy atom. The fourth-order valence-corrected chi connectivity index (χ4v) is 3.55. The second kappa shape index (κ2) is 9.67. The minimum Gasteiger partial charge on any atom is -0.497 e. The second-order valence-electron chi connectivity index (χ2n) is 5.99. The van der Waals surface area contributed by atoms with E-state index in [-0.39, 0.29) is 0 Å². The number of nitrogens with one attached hydrogen (secondary N) is 1. The molecule has 1 aromatic heterocycles. The molecule has 30 heavy (non-hydrogen) atoms. The van der Waals surface area contributed by atoms with E-state index in [0.717, 1.165) is 17.0 Å². The van der Waals surface area contributed by atoms with Gasteiger partial charge in [0.15, 0.2) is 11.5 Å². The number of aromatic nitrogens is 1. The Balaban J connectivity index is 1.85. The summed E-state index contributed by atoms with van der Waals surface area (Å²) in [7, 11) is 6.27. The largest absolute Gasteiger partial charge is 0.497 e. The van der Waals surface area contributed by atoms with Gasteiger partial charge >= 0.3 is 0 Å². The summed E-state index contributed by atoms with van der Waals surface area (Å²) in [5.74, 6) is 2.31. The van der Waals surface area contributed by atoms with Crippen LogP contribution in [0.15, 0.2) is 48.0 Å². The average Bonchev–Trinajstić information content (AvgIpc) is 3.28. The van der Waals surface area contributed by atoms with Gasteiger partial charge in [-0.05, 0) is 24.3 Å². The molecule has 0 aliphatic carbocycles. The summed E-state index contributed by atoms with van der Waals surface area (Å²) in [6.45, 7) is 0. The predicted octanol–water partition coefficient (Wildman–Crippen LogP) is 4.82. The first-order valence-electron chi connectivity index (χ1n) is 8.90. The molecular formula is C22H21N3O4S. The number of hydrogen-bond acceptors (Lipinski definition) is 8. The molecule has 8 heteroatoms. The first-order valence-corrected chi connectivity index (χ1v) is 9.78. The van der Waals surface area contributed by atoms with E-state index in [4.69, 9.17) is 18.9 Å². The maximum Gasteiger partial charge on any atom is 0.203 e. The first-order chi connectivity index (χ1) is 14.6. The highest BCUT2D eigenvalue weighted by atomic mass is 32.1. The Bertz CT molecular complexity index is 1060. The normalized spacial score (nSPS) is 10.8. The smallest absolute Gasteiger partial charge is 0.203 e. The molecule has 7 nitrogen and oxygen atoms in total. The molecule has 0 saturated heterocycles. The van der Waals surface area contributed by atoms with Gasteiger partial charge in [-0.2, -0.15) is 5.26 Å². The van der Waals surface area contributed by atoms with E-state index < -0.39 is 0 Å². The van der Waals surface area contributed by atoms with Crippen molar-refractivity contribution in [1.82, 2.24) is 4.98 Å². The van der Waals surface area contributed by atoms with Crippen LogP contribution in [0.4, 0.5) is 5.69 Å². The van der Waals surface area contributed by atoms with Crippen molar-refractivity contribution in [3.05, 3.63) is 53.0 Å². The molecule has 0 aliphatic rings. The molecule has 0 atom stereocenters. The Labute approximate surface area is 179 Å². The van der Waals surface area contributed by atoms with E-state index in [1.165, 1.54) is 11.3 Å². The summed E-state index contributed by atoms with van der Waals surface area (Å²) in [4.78, 5) is 4.59. The maximum absolute atomic E-state index is 9.61. The SMILES string of the molecule is COc1ccc(-c2csc(/C(C#N)=C/Nc3cc(OC)c(OC)c(OC)c3)n2)cc1. The van der Waals surface area contributed by atoms with Gasteiger partial charge in [0.25, 0.3) is 0 Å². The summed E-state index contributed by atoms with van der Waals surface area (Å²) in [6.07, 6.45) is 1.61. The van der Waals surface area contributed by atoms with Crippen LogP contribution in [0.2, 0.25) is 0 Å². The third kappa shape index (κ3) is 4.47. The van der Waals surface area contributed by atoms with Crippen molar-refractivity contribution in [3.63, 3.8) is 0 Å². The van der Waals surface area contributed by atoms with Crippen LogP contribution in [0.1, 0.15) is 5.01 Å². The zero-order valence-electron chi connectivity index (χ0n) is 17.1. The number of anilines is 1. The lowest BCUT2D eigenvalue weighted by Gasteiger charge is -2.14. The van der Waals surface area contributed by atoms with Crippen molar-refractivity contribution in [1.29, 1.82) is 5.26 Å². The van der Waals surface area contributed by atoms with Crippen LogP contribution >= 0.6 is 11.3 Å². The Morgan fingerprint density at radius 2 is 1.67 bits per heavy atom. The van der Waals surface area contributed by atoms with E-state index in [1.54, 1.807) is 46.8 Å². The lowest BCUT2D eigenvalue weighted by molar-refractivity contribution is 0.324. The van der Waals surface area contributed by atoms with E-state index in [9.17, 15) is 5.26 Å². The van der Waals surface area contributed by atoms with Gasteiger partial charge in [-0.1, -0.05) is 0 Å². The van der Waals surface area contributed by atoms with Gasteiger partial charge in [0.05, 0.1) is 34.1 Å². The molecule has 0 aliphatic heterocycles. The minimum absolute atomic E-state index is 0.411. The third-order valence-electron chi connectivity index (χ3n) is 4.29. The molecule has 1 N–H and O–H groups in total. The van der Waals surface area contributed by atoms with E-state index in [0.29, 0.717) is 33.5 Å². The molecule has 0 bridgehead atoms. The zero-order chi connectivity index (χ0) is 21.5. The molecule has 0 spiro atoms. The number of nitrogens with zero attached hydrogens (tertiary/aromatic N) is 2. The van der Waals surface area contributed by atoms with Gasteiger partial charge in [-0.3, -0.25) is 0 Å². The number of benzene rings is 2. The molecule has 3 aromatic rings. The molecule has 3 rings (SSSR count). The van der Waals surface area contributed by atoms with Crippen molar-refractivity contribution in [2.45, 2.75) is 0 Å².